The topological polar surface area (TPSA) is 50.4 Å². The number of hydrogen-bond donors (Lipinski definition) is 2. The van der Waals surface area contributed by atoms with Crippen LogP contribution in [0.5, 0.6) is 0 Å². The van der Waals surface area contributed by atoms with Gasteiger partial charge in [-0.15, -0.1) is 0 Å². The summed E-state index contributed by atoms with van der Waals surface area (Å²) >= 11 is 0. The first kappa shape index (κ1) is 14.8. The van der Waals surface area contributed by atoms with E-state index < -0.39 is 0 Å². The Morgan fingerprint density at radius 3 is 2.68 bits per heavy atom. The van der Waals surface area contributed by atoms with Crippen LogP contribution in [0.25, 0.3) is 0 Å². The first-order valence-corrected chi connectivity index (χ1v) is 7.84. The molecular weight excluding hydrogens is 240 g/mol. The highest BCUT2D eigenvalue weighted by molar-refractivity contribution is 5.78. The molecule has 0 radical (unpaired) electrons. The molecule has 2 saturated carbocycles. The van der Waals surface area contributed by atoms with E-state index in [1.165, 1.54) is 25.7 Å². The summed E-state index contributed by atoms with van der Waals surface area (Å²) in [5, 5.41) is 6.38. The molecule has 19 heavy (non-hydrogen) atoms. The first-order chi connectivity index (χ1) is 9.23. The predicted octanol–water partition coefficient (Wildman–Crippen LogP) is 1.84. The van der Waals surface area contributed by atoms with Crippen molar-refractivity contribution in [1.82, 2.24) is 10.6 Å². The summed E-state index contributed by atoms with van der Waals surface area (Å²) in [5.74, 6) is 0.120. The second-order valence-corrected chi connectivity index (χ2v) is 5.90. The van der Waals surface area contributed by atoms with Crippen molar-refractivity contribution in [2.24, 2.45) is 5.41 Å². The number of hydrogen-bond acceptors (Lipinski definition) is 3. The lowest BCUT2D eigenvalue weighted by molar-refractivity contribution is -0.134. The second kappa shape index (κ2) is 6.71. The molecule has 2 N–H and O–H groups in total. The molecule has 0 heterocycles. The van der Waals surface area contributed by atoms with Gasteiger partial charge in [0, 0.05) is 24.6 Å². The van der Waals surface area contributed by atoms with Gasteiger partial charge in [0.25, 0.3) is 0 Å². The zero-order valence-electron chi connectivity index (χ0n) is 12.3. The average molecular weight is 268 g/mol. The summed E-state index contributed by atoms with van der Waals surface area (Å²) < 4.78 is 5.88. The number of rotatable bonds is 7. The normalized spacial score (nSPS) is 28.3. The molecular formula is C15H28N2O2. The third-order valence-electron chi connectivity index (χ3n) is 4.77. The van der Waals surface area contributed by atoms with Gasteiger partial charge in [-0.3, -0.25) is 4.79 Å². The van der Waals surface area contributed by atoms with Crippen LogP contribution in [0.1, 0.15) is 52.4 Å². The fourth-order valence-electron chi connectivity index (χ4n) is 3.72. The maximum absolute atomic E-state index is 11.7. The molecule has 4 nitrogen and oxygen atoms in total. The minimum atomic E-state index is 0.120. The van der Waals surface area contributed by atoms with Crippen LogP contribution in [0.2, 0.25) is 0 Å². The smallest absolute Gasteiger partial charge is 0.233 e. The van der Waals surface area contributed by atoms with Crippen LogP contribution < -0.4 is 10.6 Å². The SMILES string of the molecule is CCCNC(=O)CNC1CC(OCC)C12CCCC2. The fraction of sp³-hybridized carbons (Fsp3) is 0.933. The van der Waals surface area contributed by atoms with Crippen LogP contribution in [0, 0.1) is 5.41 Å². The van der Waals surface area contributed by atoms with Gasteiger partial charge < -0.3 is 15.4 Å². The molecule has 2 rings (SSSR count). The Morgan fingerprint density at radius 2 is 2.05 bits per heavy atom. The van der Waals surface area contributed by atoms with Gasteiger partial charge in [0.05, 0.1) is 12.6 Å². The molecule has 2 fully saturated rings. The third-order valence-corrected chi connectivity index (χ3v) is 4.77. The zero-order chi connectivity index (χ0) is 13.7. The van der Waals surface area contributed by atoms with Gasteiger partial charge in [0.1, 0.15) is 0 Å². The zero-order valence-corrected chi connectivity index (χ0v) is 12.3. The Bertz CT molecular complexity index is 301. The van der Waals surface area contributed by atoms with Crippen LogP contribution in [-0.4, -0.2) is 37.7 Å². The van der Waals surface area contributed by atoms with Crippen molar-refractivity contribution in [3.8, 4) is 0 Å². The van der Waals surface area contributed by atoms with Gasteiger partial charge >= 0.3 is 0 Å². The van der Waals surface area contributed by atoms with Crippen LogP contribution in [-0.2, 0) is 9.53 Å². The Balaban J connectivity index is 1.79. The van der Waals surface area contributed by atoms with E-state index in [-0.39, 0.29) is 5.91 Å². The average Bonchev–Trinajstić information content (AvgIpc) is 2.92. The van der Waals surface area contributed by atoms with Crippen molar-refractivity contribution in [2.75, 3.05) is 19.7 Å². The van der Waals surface area contributed by atoms with Crippen molar-refractivity contribution in [3.05, 3.63) is 0 Å². The van der Waals surface area contributed by atoms with E-state index in [4.69, 9.17) is 4.74 Å². The van der Waals surface area contributed by atoms with Gasteiger partial charge in [-0.05, 0) is 32.6 Å². The molecule has 0 aromatic heterocycles. The van der Waals surface area contributed by atoms with Gasteiger partial charge in [-0.1, -0.05) is 19.8 Å². The van der Waals surface area contributed by atoms with Crippen LogP contribution >= 0.6 is 0 Å². The first-order valence-electron chi connectivity index (χ1n) is 7.84. The molecule has 110 valence electrons. The summed E-state index contributed by atoms with van der Waals surface area (Å²) in [7, 11) is 0. The largest absolute Gasteiger partial charge is 0.378 e. The molecule has 2 aliphatic carbocycles. The number of amides is 1. The maximum Gasteiger partial charge on any atom is 0.233 e. The van der Waals surface area contributed by atoms with Crippen molar-refractivity contribution >= 4 is 5.91 Å². The summed E-state index contributed by atoms with van der Waals surface area (Å²) in [6.07, 6.45) is 7.60. The monoisotopic (exact) mass is 268 g/mol. The number of nitrogens with one attached hydrogen (secondary N) is 2. The summed E-state index contributed by atoms with van der Waals surface area (Å²) in [6, 6.07) is 0.471. The van der Waals surface area contributed by atoms with Gasteiger partial charge in [-0.2, -0.15) is 0 Å². The van der Waals surface area contributed by atoms with E-state index in [1.54, 1.807) is 0 Å². The van der Waals surface area contributed by atoms with Crippen molar-refractivity contribution in [3.63, 3.8) is 0 Å². The molecule has 1 amide bonds. The highest BCUT2D eigenvalue weighted by Gasteiger charge is 2.56. The standard InChI is InChI=1S/C15H28N2O2/c1-3-9-16-14(18)11-17-12-10-13(19-4-2)15(12)7-5-6-8-15/h12-13,17H,3-11H2,1-2H3,(H,16,18). The van der Waals surface area contributed by atoms with Gasteiger partial charge in [0.15, 0.2) is 0 Å². The molecule has 0 aromatic rings. The molecule has 2 aliphatic rings. The minimum Gasteiger partial charge on any atom is -0.378 e. The van der Waals surface area contributed by atoms with Crippen molar-refractivity contribution in [1.29, 1.82) is 0 Å². The van der Waals surface area contributed by atoms with Gasteiger partial charge in [-0.25, -0.2) is 0 Å². The van der Waals surface area contributed by atoms with Crippen molar-refractivity contribution < 1.29 is 9.53 Å². The Labute approximate surface area is 116 Å². The van der Waals surface area contributed by atoms with Crippen LogP contribution in [0.4, 0.5) is 0 Å². The maximum atomic E-state index is 11.7. The molecule has 1 spiro atoms. The van der Waals surface area contributed by atoms with E-state index in [9.17, 15) is 4.79 Å². The van der Waals surface area contributed by atoms with Crippen LogP contribution in [0.15, 0.2) is 0 Å². The Hall–Kier alpha value is -0.610. The highest BCUT2D eigenvalue weighted by atomic mass is 16.5. The summed E-state index contributed by atoms with van der Waals surface area (Å²) in [4.78, 5) is 11.7. The Morgan fingerprint density at radius 1 is 1.32 bits per heavy atom. The van der Waals surface area contributed by atoms with E-state index in [0.29, 0.717) is 24.1 Å². The van der Waals surface area contributed by atoms with E-state index >= 15 is 0 Å². The second-order valence-electron chi connectivity index (χ2n) is 5.90. The quantitative estimate of drug-likeness (QED) is 0.741. The lowest BCUT2D eigenvalue weighted by Crippen LogP contribution is -2.63. The minimum absolute atomic E-state index is 0.120. The summed E-state index contributed by atoms with van der Waals surface area (Å²) in [6.45, 7) is 6.17. The summed E-state index contributed by atoms with van der Waals surface area (Å²) in [5.41, 5.74) is 0.320. The van der Waals surface area contributed by atoms with E-state index in [0.717, 1.165) is 26.0 Å². The van der Waals surface area contributed by atoms with E-state index in [1.807, 2.05) is 0 Å². The van der Waals surface area contributed by atoms with Gasteiger partial charge in [0.2, 0.25) is 5.91 Å². The molecule has 0 aliphatic heterocycles. The van der Waals surface area contributed by atoms with E-state index in [2.05, 4.69) is 24.5 Å². The third kappa shape index (κ3) is 3.11. The lowest BCUT2D eigenvalue weighted by Gasteiger charge is -2.54. The lowest BCUT2D eigenvalue weighted by atomic mass is 9.60. The molecule has 2 unspecified atom stereocenters. The Kier molecular flexibility index (Phi) is 5.22. The predicted molar refractivity (Wildman–Crippen MR) is 76.0 cm³/mol. The molecule has 0 saturated heterocycles. The van der Waals surface area contributed by atoms with Crippen molar-refractivity contribution in [2.45, 2.75) is 64.5 Å². The molecule has 4 heteroatoms. The number of ether oxygens (including phenoxy) is 1. The molecule has 0 bridgehead atoms. The molecule has 2 atom stereocenters. The highest BCUT2D eigenvalue weighted by Crippen LogP contribution is 2.54. The molecule has 0 aromatic carbocycles. The fourth-order valence-corrected chi connectivity index (χ4v) is 3.72. The number of carbonyl (C=O) groups is 1. The number of carbonyl (C=O) groups excluding carboxylic acids is 1. The van der Waals surface area contributed by atoms with Crippen LogP contribution in [0.3, 0.4) is 0 Å².